The summed E-state index contributed by atoms with van der Waals surface area (Å²) in [4.78, 5) is 10.7. The first kappa shape index (κ1) is 11.1. The van der Waals surface area contributed by atoms with Crippen LogP contribution in [-0.4, -0.2) is 12.6 Å². The predicted molar refractivity (Wildman–Crippen MR) is 43.9 cm³/mol. The molecule has 0 spiro atoms. The summed E-state index contributed by atoms with van der Waals surface area (Å²) in [6, 6.07) is 0. The maximum atomic E-state index is 10.7. The molecule has 10 heavy (non-hydrogen) atoms. The molecule has 0 radical (unpaired) electrons. The molecule has 0 heterocycles. The van der Waals surface area contributed by atoms with Gasteiger partial charge in [0.25, 0.3) is 0 Å². The van der Waals surface area contributed by atoms with Gasteiger partial charge in [0.1, 0.15) is 0 Å². The van der Waals surface area contributed by atoms with Gasteiger partial charge in [-0.2, -0.15) is 0 Å². The third-order valence-corrected chi connectivity index (χ3v) is 8.64. The molecular weight excluding hydrogens is 317 g/mol. The van der Waals surface area contributed by atoms with Crippen molar-refractivity contribution in [1.82, 2.24) is 0 Å². The van der Waals surface area contributed by atoms with Crippen LogP contribution in [0.25, 0.3) is 0 Å². The summed E-state index contributed by atoms with van der Waals surface area (Å²) in [5.74, 6) is -0.0809. The van der Waals surface area contributed by atoms with E-state index in [2.05, 4.69) is 27.2 Å². The maximum absolute atomic E-state index is 10.7. The molecule has 0 rings (SSSR count). The van der Waals surface area contributed by atoms with Crippen LogP contribution in [0.4, 0.5) is 0 Å². The van der Waals surface area contributed by atoms with Crippen LogP contribution in [0.1, 0.15) is 13.3 Å². The Morgan fingerprint density at radius 3 is 2.60 bits per heavy atom. The van der Waals surface area contributed by atoms with Crippen molar-refractivity contribution >= 4 is 33.2 Å². The first-order chi connectivity index (χ1) is 4.66. The van der Waals surface area contributed by atoms with E-state index in [0.29, 0.717) is 13.0 Å². The van der Waals surface area contributed by atoms with Gasteiger partial charge < -0.3 is 0 Å². The molecule has 0 amide bonds. The number of ether oxygens (including phenoxy) is 1. The molecule has 0 fully saturated rings. The van der Waals surface area contributed by atoms with E-state index in [9.17, 15) is 4.79 Å². The SMILES string of the molecule is CCOC(=O)C[CH2][Zn]([Br])[Br]. The number of carbonyl (C=O) groups is 1. The van der Waals surface area contributed by atoms with E-state index in [4.69, 9.17) is 4.74 Å². The Labute approximate surface area is 79.3 Å². The van der Waals surface area contributed by atoms with Gasteiger partial charge in [0.15, 0.2) is 0 Å². The molecule has 57 valence electrons. The van der Waals surface area contributed by atoms with Crippen LogP contribution in [0.3, 0.4) is 0 Å². The second kappa shape index (κ2) is 6.74. The van der Waals surface area contributed by atoms with Crippen LogP contribution in [0, 0.1) is 0 Å². The molecule has 0 bridgehead atoms. The minimum absolute atomic E-state index is 0.0809. The molecule has 2 nitrogen and oxygen atoms in total. The third kappa shape index (κ3) is 7.16. The standard InChI is InChI=1S/C5H9O2.2BrH.Zn/c1-3-5(6)7-4-2;;;/h1,3-4H2,2H3;2*1H;/q;;;+2/p-2. The number of hydrogen-bond donors (Lipinski definition) is 0. The first-order valence-corrected chi connectivity index (χ1v) is 19.3. The van der Waals surface area contributed by atoms with Gasteiger partial charge in [-0.25, -0.2) is 0 Å². The fourth-order valence-electron chi connectivity index (χ4n) is 0.511. The van der Waals surface area contributed by atoms with Crippen molar-refractivity contribution in [2.45, 2.75) is 18.4 Å². The number of carbonyl (C=O) groups excluding carboxylic acids is 1. The Morgan fingerprint density at radius 2 is 2.20 bits per heavy atom. The van der Waals surface area contributed by atoms with E-state index >= 15 is 0 Å². The van der Waals surface area contributed by atoms with Crippen molar-refractivity contribution in [2.24, 2.45) is 0 Å². The number of rotatable bonds is 4. The zero-order chi connectivity index (χ0) is 7.98. The predicted octanol–water partition coefficient (Wildman–Crippen LogP) is 2.60. The van der Waals surface area contributed by atoms with Gasteiger partial charge in [0.05, 0.1) is 0 Å². The molecular formula is C5H9Br2O2Zn. The van der Waals surface area contributed by atoms with E-state index in [1.807, 2.05) is 6.92 Å². The third-order valence-electron chi connectivity index (χ3n) is 0.953. The fraction of sp³-hybridized carbons (Fsp3) is 0.800. The van der Waals surface area contributed by atoms with Crippen LogP contribution >= 0.6 is 27.2 Å². The molecule has 5 heteroatoms. The number of halogens is 2. The Balaban J connectivity index is 3.22. The molecule has 0 N–H and O–H groups in total. The summed E-state index contributed by atoms with van der Waals surface area (Å²) in [6.07, 6.45) is 0.560. The van der Waals surface area contributed by atoms with Gasteiger partial charge >= 0.3 is 79.7 Å². The van der Waals surface area contributed by atoms with Crippen LogP contribution in [0.5, 0.6) is 0 Å². The molecule has 0 aromatic heterocycles. The van der Waals surface area contributed by atoms with E-state index < -0.39 is 12.0 Å². The summed E-state index contributed by atoms with van der Waals surface area (Å²) in [5, 5.41) is 0.971. The van der Waals surface area contributed by atoms with E-state index in [-0.39, 0.29) is 5.97 Å². The molecule has 0 saturated carbocycles. The Kier molecular flexibility index (Phi) is 7.45. The van der Waals surface area contributed by atoms with Crippen LogP contribution in [0.2, 0.25) is 5.02 Å². The summed E-state index contributed by atoms with van der Waals surface area (Å²) in [7, 11) is 0. The molecule has 0 unspecified atom stereocenters. The summed E-state index contributed by atoms with van der Waals surface area (Å²) < 4.78 is 4.74. The topological polar surface area (TPSA) is 26.3 Å². The zero-order valence-electron chi connectivity index (χ0n) is 5.90. The number of hydrogen-bond acceptors (Lipinski definition) is 2. The molecule has 0 aliphatic carbocycles. The molecule has 0 aromatic carbocycles. The van der Waals surface area contributed by atoms with Crippen molar-refractivity contribution in [2.75, 3.05) is 6.61 Å². The van der Waals surface area contributed by atoms with Gasteiger partial charge in [-0.15, -0.1) is 0 Å². The molecule has 0 aliphatic rings. The van der Waals surface area contributed by atoms with Crippen LogP contribution < -0.4 is 0 Å². The minimum atomic E-state index is -1.50. The van der Waals surface area contributed by atoms with Crippen molar-refractivity contribution in [3.8, 4) is 0 Å². The molecule has 0 aliphatic heterocycles. The van der Waals surface area contributed by atoms with Gasteiger partial charge in [0.2, 0.25) is 0 Å². The zero-order valence-corrected chi connectivity index (χ0v) is 12.0. The summed E-state index contributed by atoms with van der Waals surface area (Å²) >= 11 is 5.44. The average molecular weight is 326 g/mol. The van der Waals surface area contributed by atoms with Crippen molar-refractivity contribution in [3.05, 3.63) is 0 Å². The Bertz CT molecular complexity index is 108. The van der Waals surface area contributed by atoms with Crippen molar-refractivity contribution < 1.29 is 21.6 Å². The normalized spacial score (nSPS) is 9.10. The van der Waals surface area contributed by atoms with Crippen LogP contribution in [0.15, 0.2) is 0 Å². The van der Waals surface area contributed by atoms with Gasteiger partial charge in [-0.05, 0) is 0 Å². The fourth-order valence-corrected chi connectivity index (χ4v) is 4.59. The monoisotopic (exact) mass is 323 g/mol. The van der Waals surface area contributed by atoms with Gasteiger partial charge in [0, 0.05) is 0 Å². The molecule has 0 saturated heterocycles. The van der Waals surface area contributed by atoms with Crippen LogP contribution in [-0.2, 0) is 21.6 Å². The van der Waals surface area contributed by atoms with E-state index in [0.717, 1.165) is 5.02 Å². The average Bonchev–Trinajstić information content (AvgIpc) is 1.85. The van der Waals surface area contributed by atoms with E-state index in [1.165, 1.54) is 0 Å². The Morgan fingerprint density at radius 1 is 1.60 bits per heavy atom. The second-order valence-electron chi connectivity index (χ2n) is 1.89. The number of esters is 1. The van der Waals surface area contributed by atoms with Gasteiger partial charge in [-0.1, -0.05) is 0 Å². The van der Waals surface area contributed by atoms with E-state index in [1.54, 1.807) is 0 Å². The summed E-state index contributed by atoms with van der Waals surface area (Å²) in [5.41, 5.74) is 0. The quantitative estimate of drug-likeness (QED) is 0.586. The van der Waals surface area contributed by atoms with Crippen molar-refractivity contribution in [3.63, 3.8) is 0 Å². The Hall–Kier alpha value is 1.05. The molecule has 0 aromatic rings. The molecule has 0 atom stereocenters. The second-order valence-corrected chi connectivity index (χ2v) is 27.3. The first-order valence-electron chi connectivity index (χ1n) is 3.29. The summed E-state index contributed by atoms with van der Waals surface area (Å²) in [6.45, 7) is 2.31. The van der Waals surface area contributed by atoms with Crippen molar-refractivity contribution in [1.29, 1.82) is 0 Å². The van der Waals surface area contributed by atoms with Gasteiger partial charge in [-0.3, -0.25) is 0 Å².